The fourth-order valence-corrected chi connectivity index (χ4v) is 3.74. The summed E-state index contributed by atoms with van der Waals surface area (Å²) in [6.45, 7) is 4.11. The van der Waals surface area contributed by atoms with E-state index in [2.05, 4.69) is 34.5 Å². The SMILES string of the molecule is CCCNC(=O)c1ccc(N2CCC(Cc3ccccc3)CC2)c([N+](=O)[O-])c1. The van der Waals surface area contributed by atoms with Crippen LogP contribution in [0.4, 0.5) is 11.4 Å². The van der Waals surface area contributed by atoms with Crippen LogP contribution in [0, 0.1) is 16.0 Å². The van der Waals surface area contributed by atoms with Gasteiger partial charge < -0.3 is 10.2 Å². The Balaban J connectivity index is 1.68. The molecule has 0 radical (unpaired) electrons. The molecule has 1 aliphatic rings. The van der Waals surface area contributed by atoms with E-state index in [1.165, 1.54) is 11.6 Å². The largest absolute Gasteiger partial charge is 0.366 e. The first-order valence-corrected chi connectivity index (χ1v) is 9.94. The van der Waals surface area contributed by atoms with Crippen molar-refractivity contribution in [1.82, 2.24) is 5.32 Å². The Labute approximate surface area is 165 Å². The Bertz CT molecular complexity index is 815. The number of carbonyl (C=O) groups excluding carboxylic acids is 1. The number of nitrogens with one attached hydrogen (secondary N) is 1. The Morgan fingerprint density at radius 3 is 2.54 bits per heavy atom. The van der Waals surface area contributed by atoms with Crippen LogP contribution in [0.2, 0.25) is 0 Å². The summed E-state index contributed by atoms with van der Waals surface area (Å²) in [5.41, 5.74) is 2.29. The second kappa shape index (κ2) is 9.35. The number of benzene rings is 2. The standard InChI is InChI=1S/C22H27N3O3/c1-2-12-23-22(26)19-8-9-20(21(16-19)25(27)28)24-13-10-18(11-14-24)15-17-6-4-3-5-7-17/h3-9,16,18H,2,10-15H2,1H3,(H,23,26). The number of anilines is 1. The fraction of sp³-hybridized carbons (Fsp3) is 0.409. The van der Waals surface area contributed by atoms with Crippen molar-refractivity contribution in [2.24, 2.45) is 5.92 Å². The number of hydrogen-bond donors (Lipinski definition) is 1. The third-order valence-corrected chi connectivity index (χ3v) is 5.29. The van der Waals surface area contributed by atoms with Gasteiger partial charge in [0.25, 0.3) is 11.6 Å². The van der Waals surface area contributed by atoms with Crippen molar-refractivity contribution in [2.45, 2.75) is 32.6 Å². The molecule has 1 amide bonds. The van der Waals surface area contributed by atoms with E-state index >= 15 is 0 Å². The Morgan fingerprint density at radius 1 is 1.18 bits per heavy atom. The molecule has 6 nitrogen and oxygen atoms in total. The van der Waals surface area contributed by atoms with E-state index in [-0.39, 0.29) is 16.5 Å². The molecule has 0 bridgehead atoms. The monoisotopic (exact) mass is 381 g/mol. The second-order valence-corrected chi connectivity index (χ2v) is 7.34. The number of piperidine rings is 1. The number of rotatable bonds is 7. The lowest BCUT2D eigenvalue weighted by Gasteiger charge is -2.33. The summed E-state index contributed by atoms with van der Waals surface area (Å²) in [7, 11) is 0. The van der Waals surface area contributed by atoms with Gasteiger partial charge in [-0.1, -0.05) is 37.3 Å². The topological polar surface area (TPSA) is 75.5 Å². The van der Waals surface area contributed by atoms with Gasteiger partial charge >= 0.3 is 0 Å². The van der Waals surface area contributed by atoms with Crippen molar-refractivity contribution < 1.29 is 9.72 Å². The predicted molar refractivity (Wildman–Crippen MR) is 111 cm³/mol. The third-order valence-electron chi connectivity index (χ3n) is 5.29. The second-order valence-electron chi connectivity index (χ2n) is 7.34. The smallest absolute Gasteiger partial charge is 0.293 e. The summed E-state index contributed by atoms with van der Waals surface area (Å²) in [6, 6.07) is 15.3. The molecule has 0 saturated carbocycles. The van der Waals surface area contributed by atoms with Crippen molar-refractivity contribution in [3.63, 3.8) is 0 Å². The van der Waals surface area contributed by atoms with Gasteiger partial charge in [-0.15, -0.1) is 0 Å². The highest BCUT2D eigenvalue weighted by molar-refractivity contribution is 5.95. The highest BCUT2D eigenvalue weighted by Crippen LogP contribution is 2.33. The molecule has 1 N–H and O–H groups in total. The minimum atomic E-state index is -0.387. The molecule has 0 aliphatic carbocycles. The fourth-order valence-electron chi connectivity index (χ4n) is 3.74. The molecule has 0 aromatic heterocycles. The number of carbonyl (C=O) groups is 1. The van der Waals surface area contributed by atoms with Crippen molar-refractivity contribution >= 4 is 17.3 Å². The lowest BCUT2D eigenvalue weighted by atomic mass is 9.90. The van der Waals surface area contributed by atoms with Gasteiger partial charge in [0.2, 0.25) is 0 Å². The molecule has 0 atom stereocenters. The first-order chi connectivity index (χ1) is 13.6. The van der Waals surface area contributed by atoms with Gasteiger partial charge in [-0.3, -0.25) is 14.9 Å². The summed E-state index contributed by atoms with van der Waals surface area (Å²) in [5, 5.41) is 14.4. The molecule has 1 aliphatic heterocycles. The van der Waals surface area contributed by atoms with Crippen LogP contribution in [0.5, 0.6) is 0 Å². The van der Waals surface area contributed by atoms with E-state index < -0.39 is 0 Å². The van der Waals surface area contributed by atoms with Crippen LogP contribution in [0.15, 0.2) is 48.5 Å². The predicted octanol–water partition coefficient (Wildman–Crippen LogP) is 4.19. The van der Waals surface area contributed by atoms with E-state index in [0.717, 1.165) is 38.8 Å². The van der Waals surface area contributed by atoms with Crippen molar-refractivity contribution in [3.05, 3.63) is 69.8 Å². The maximum atomic E-state index is 12.1. The molecule has 2 aromatic carbocycles. The number of hydrogen-bond acceptors (Lipinski definition) is 4. The van der Waals surface area contributed by atoms with Crippen molar-refractivity contribution in [3.8, 4) is 0 Å². The molecular formula is C22H27N3O3. The van der Waals surface area contributed by atoms with Gasteiger partial charge in [0.1, 0.15) is 5.69 Å². The van der Waals surface area contributed by atoms with Crippen LogP contribution < -0.4 is 10.2 Å². The molecular weight excluding hydrogens is 354 g/mol. The average molecular weight is 381 g/mol. The summed E-state index contributed by atoms with van der Waals surface area (Å²) in [4.78, 5) is 25.4. The van der Waals surface area contributed by atoms with E-state index in [0.29, 0.717) is 23.7 Å². The van der Waals surface area contributed by atoms with E-state index in [9.17, 15) is 14.9 Å². The molecule has 1 heterocycles. The highest BCUT2D eigenvalue weighted by Gasteiger charge is 2.26. The van der Waals surface area contributed by atoms with Crippen molar-refractivity contribution in [1.29, 1.82) is 0 Å². The number of amides is 1. The Morgan fingerprint density at radius 2 is 1.89 bits per heavy atom. The zero-order valence-electron chi connectivity index (χ0n) is 16.3. The highest BCUT2D eigenvalue weighted by atomic mass is 16.6. The van der Waals surface area contributed by atoms with E-state index in [4.69, 9.17) is 0 Å². The summed E-state index contributed by atoms with van der Waals surface area (Å²) in [5.74, 6) is 0.329. The van der Waals surface area contributed by atoms with Crippen LogP contribution in [-0.4, -0.2) is 30.5 Å². The van der Waals surface area contributed by atoms with E-state index in [1.54, 1.807) is 12.1 Å². The molecule has 28 heavy (non-hydrogen) atoms. The first-order valence-electron chi connectivity index (χ1n) is 9.94. The zero-order valence-corrected chi connectivity index (χ0v) is 16.3. The van der Waals surface area contributed by atoms with E-state index in [1.807, 2.05) is 13.0 Å². The normalized spacial score (nSPS) is 14.7. The van der Waals surface area contributed by atoms with Gasteiger partial charge in [-0.05, 0) is 49.3 Å². The molecule has 1 saturated heterocycles. The van der Waals surface area contributed by atoms with Gasteiger partial charge in [-0.25, -0.2) is 0 Å². The molecule has 3 rings (SSSR count). The summed E-state index contributed by atoms with van der Waals surface area (Å²) < 4.78 is 0. The Kier molecular flexibility index (Phi) is 6.63. The van der Waals surface area contributed by atoms with Gasteiger partial charge in [0.15, 0.2) is 0 Å². The molecule has 148 valence electrons. The first kappa shape index (κ1) is 19.9. The van der Waals surface area contributed by atoms with Crippen molar-refractivity contribution in [2.75, 3.05) is 24.5 Å². The number of nitro groups is 1. The van der Waals surface area contributed by atoms with Crippen LogP contribution in [0.1, 0.15) is 42.1 Å². The quantitative estimate of drug-likeness (QED) is 0.576. The van der Waals surface area contributed by atoms with Crippen LogP contribution in [-0.2, 0) is 6.42 Å². The minimum absolute atomic E-state index is 0.00524. The number of nitrogens with zero attached hydrogens (tertiary/aromatic N) is 2. The minimum Gasteiger partial charge on any atom is -0.366 e. The maximum Gasteiger partial charge on any atom is 0.293 e. The lowest BCUT2D eigenvalue weighted by molar-refractivity contribution is -0.384. The summed E-state index contributed by atoms with van der Waals surface area (Å²) in [6.07, 6.45) is 3.88. The zero-order chi connectivity index (χ0) is 19.9. The maximum absolute atomic E-state index is 12.1. The Hall–Kier alpha value is -2.89. The molecule has 1 fully saturated rings. The molecule has 0 spiro atoms. The molecule has 2 aromatic rings. The van der Waals surface area contributed by atoms with Crippen LogP contribution in [0.3, 0.4) is 0 Å². The van der Waals surface area contributed by atoms with Crippen LogP contribution >= 0.6 is 0 Å². The van der Waals surface area contributed by atoms with Gasteiger partial charge in [0, 0.05) is 31.3 Å². The molecule has 6 heteroatoms. The third kappa shape index (κ3) is 4.88. The molecule has 0 unspecified atom stereocenters. The van der Waals surface area contributed by atoms with Crippen LogP contribution in [0.25, 0.3) is 0 Å². The average Bonchev–Trinajstić information content (AvgIpc) is 2.73. The lowest BCUT2D eigenvalue weighted by Crippen LogP contribution is -2.34. The van der Waals surface area contributed by atoms with Gasteiger partial charge in [-0.2, -0.15) is 0 Å². The number of nitro benzene ring substituents is 1. The summed E-state index contributed by atoms with van der Waals surface area (Å²) >= 11 is 0. The van der Waals surface area contributed by atoms with Gasteiger partial charge in [0.05, 0.1) is 4.92 Å².